The van der Waals surface area contributed by atoms with Gasteiger partial charge in [-0.25, -0.2) is 0 Å². The first-order valence-corrected chi connectivity index (χ1v) is 31.4. The van der Waals surface area contributed by atoms with Crippen LogP contribution in [0.2, 0.25) is 18.1 Å². The molecule has 8 saturated carbocycles. The molecule has 21 atom stereocenters. The average molecular weight is 1020 g/mol. The molecule has 8 fully saturated rings. The lowest BCUT2D eigenvalue weighted by molar-refractivity contribution is -0.256. The van der Waals surface area contributed by atoms with Crippen LogP contribution in [0.3, 0.4) is 0 Å². The molecule has 12 heteroatoms. The summed E-state index contributed by atoms with van der Waals surface area (Å²) in [5, 5.41) is 31.4. The SMILES string of the molecule is CC(CCC(=O)C(F)(F)F)C1CCC2C3C[C@H](O[Si](C)(C)C(C)(C)C)[C@@H]4C[C@H](C)CCC4(C)C3CCC12C.CC(CCC(C)(O)C(F)(F)F)C1CCC2C3C[C@H](O)[C@@H]4C[C@H](O)CCC4(C)C3CCC12C. The number of ketones is 1. The number of hydrogen-bond acceptors (Lipinski definition) is 5. The van der Waals surface area contributed by atoms with Gasteiger partial charge in [-0.2, -0.15) is 26.3 Å². The number of aliphatic hydroxyl groups excluding tert-OH is 2. The first-order valence-electron chi connectivity index (χ1n) is 28.4. The van der Waals surface area contributed by atoms with Gasteiger partial charge in [0.05, 0.1) is 12.2 Å². The van der Waals surface area contributed by atoms with Gasteiger partial charge in [0.1, 0.15) is 0 Å². The zero-order valence-corrected chi connectivity index (χ0v) is 46.8. The summed E-state index contributed by atoms with van der Waals surface area (Å²) in [7, 11) is -1.92. The second-order valence-electron chi connectivity index (χ2n) is 28.9. The van der Waals surface area contributed by atoms with Gasteiger partial charge in [0.25, 0.3) is 0 Å². The van der Waals surface area contributed by atoms with E-state index in [9.17, 15) is 46.5 Å². The number of halogens is 6. The van der Waals surface area contributed by atoms with Crippen LogP contribution in [0.4, 0.5) is 26.3 Å². The van der Waals surface area contributed by atoms with Crippen molar-refractivity contribution < 1.29 is 50.9 Å². The molecule has 3 N–H and O–H groups in total. The Morgan fingerprint density at radius 1 is 0.629 bits per heavy atom. The van der Waals surface area contributed by atoms with Gasteiger partial charge in [0.15, 0.2) is 13.9 Å². The van der Waals surface area contributed by atoms with E-state index in [4.69, 9.17) is 4.43 Å². The predicted octanol–water partition coefficient (Wildman–Crippen LogP) is 15.5. The molecule has 406 valence electrons. The highest BCUT2D eigenvalue weighted by atomic mass is 28.4. The first-order chi connectivity index (χ1) is 32.0. The first kappa shape index (κ1) is 57.0. The van der Waals surface area contributed by atoms with Gasteiger partial charge in [0, 0.05) is 12.5 Å². The Kier molecular flexibility index (Phi) is 16.1. The third-order valence-corrected chi connectivity index (χ3v) is 28.7. The van der Waals surface area contributed by atoms with Crippen LogP contribution in [0.1, 0.15) is 205 Å². The van der Waals surface area contributed by atoms with Crippen molar-refractivity contribution in [1.29, 1.82) is 0 Å². The molecular formula is C58H98F6O5Si. The van der Waals surface area contributed by atoms with E-state index in [-0.39, 0.29) is 64.1 Å². The van der Waals surface area contributed by atoms with Crippen molar-refractivity contribution in [2.75, 3.05) is 0 Å². The van der Waals surface area contributed by atoms with E-state index >= 15 is 0 Å². The maximum absolute atomic E-state index is 13.1. The van der Waals surface area contributed by atoms with Crippen molar-refractivity contribution in [2.45, 2.75) is 259 Å². The number of Topliss-reactive ketones (excluding diaryl/α,β-unsaturated/α-hetero) is 1. The molecule has 0 aliphatic heterocycles. The molecule has 8 rings (SSSR count). The molecule has 70 heavy (non-hydrogen) atoms. The van der Waals surface area contributed by atoms with Crippen molar-refractivity contribution in [3.05, 3.63) is 0 Å². The number of carbonyl (C=O) groups excluding carboxylic acids is 1. The second-order valence-corrected chi connectivity index (χ2v) is 33.7. The molecule has 15 unspecified atom stereocenters. The second kappa shape index (κ2) is 19.7. The van der Waals surface area contributed by atoms with E-state index in [0.717, 1.165) is 76.5 Å². The van der Waals surface area contributed by atoms with Crippen molar-refractivity contribution >= 4 is 14.1 Å². The zero-order valence-electron chi connectivity index (χ0n) is 45.8. The van der Waals surface area contributed by atoms with E-state index in [1.807, 2.05) is 0 Å². The predicted molar refractivity (Wildman–Crippen MR) is 269 cm³/mol. The summed E-state index contributed by atoms with van der Waals surface area (Å²) in [6.07, 6.45) is 7.96. The van der Waals surface area contributed by atoms with Gasteiger partial charge in [-0.3, -0.25) is 4.79 Å². The summed E-state index contributed by atoms with van der Waals surface area (Å²) in [6, 6.07) is 0. The van der Waals surface area contributed by atoms with Crippen LogP contribution < -0.4 is 0 Å². The van der Waals surface area contributed by atoms with Crippen LogP contribution >= 0.6 is 0 Å². The Morgan fingerprint density at radius 3 is 1.61 bits per heavy atom. The van der Waals surface area contributed by atoms with Crippen molar-refractivity contribution in [3.8, 4) is 0 Å². The summed E-state index contributed by atoms with van der Waals surface area (Å²) in [6.45, 7) is 29.1. The highest BCUT2D eigenvalue weighted by Gasteiger charge is 2.65. The Bertz CT molecular complexity index is 1830. The fourth-order valence-corrected chi connectivity index (χ4v) is 20.3. The van der Waals surface area contributed by atoms with E-state index in [0.29, 0.717) is 78.1 Å². The van der Waals surface area contributed by atoms with Crippen molar-refractivity contribution in [2.24, 2.45) is 98.6 Å². The molecule has 0 aromatic heterocycles. The van der Waals surface area contributed by atoms with Gasteiger partial charge in [-0.1, -0.05) is 75.7 Å². The monoisotopic (exact) mass is 1020 g/mol. The lowest BCUT2D eigenvalue weighted by atomic mass is 9.43. The topological polar surface area (TPSA) is 87.0 Å². The number of rotatable bonds is 10. The fraction of sp³-hybridized carbons (Fsp3) is 0.983. The largest absolute Gasteiger partial charge is 0.449 e. The number of carbonyl (C=O) groups is 1. The standard InChI is InChI=1S/C32H55F3O2Si.C26H43F3O3/c1-20-14-16-31(7)25-15-17-30(6)23(21(2)10-13-28(36)32(33,34)35)11-12-24(30)22(25)19-27(26(31)18-20)37-38(8,9)29(3,4)5;1-15(7-12-25(4,32)26(27,28)29)18-5-6-19-17-14-22(31)21-13-16(30)8-10-24(21,3)20(17)9-11-23(18,19)2/h20-27H,10-19H2,1-9H3;15-22,30-32H,5-14H2,1-4H3/t20-,21?,22?,23?,24?,25?,26+,27+,30?,31?;15?,16-,17?,18?,19?,20?,21+,22+,23?,24?,25?/m11/s1. The van der Waals surface area contributed by atoms with Gasteiger partial charge in [0.2, 0.25) is 5.78 Å². The number of hydrogen-bond donors (Lipinski definition) is 3. The molecular weight excluding hydrogens is 919 g/mol. The average Bonchev–Trinajstić information content (AvgIpc) is 3.79. The maximum atomic E-state index is 13.1. The smallest absolute Gasteiger partial charge is 0.414 e. The minimum atomic E-state index is -4.70. The Labute approximate surface area is 421 Å². The molecule has 0 aromatic carbocycles. The minimum Gasteiger partial charge on any atom is -0.414 e. The molecule has 0 spiro atoms. The molecule has 0 radical (unpaired) electrons. The Morgan fingerprint density at radius 2 is 1.10 bits per heavy atom. The Balaban J connectivity index is 0.000000209. The van der Waals surface area contributed by atoms with Gasteiger partial charge in [-0.15, -0.1) is 0 Å². The summed E-state index contributed by atoms with van der Waals surface area (Å²) >= 11 is 0. The lowest BCUT2D eigenvalue weighted by Crippen LogP contribution is -2.60. The lowest BCUT2D eigenvalue weighted by Gasteiger charge is -2.64. The zero-order chi connectivity index (χ0) is 52.2. The van der Waals surface area contributed by atoms with Crippen LogP contribution in [-0.4, -0.2) is 65.7 Å². The third-order valence-electron chi connectivity index (χ3n) is 24.2. The quantitative estimate of drug-likeness (QED) is 0.150. The summed E-state index contributed by atoms with van der Waals surface area (Å²) in [5.41, 5.74) is -1.96. The summed E-state index contributed by atoms with van der Waals surface area (Å²) < 4.78 is 85.3. The van der Waals surface area contributed by atoms with E-state index in [1.54, 1.807) is 0 Å². The van der Waals surface area contributed by atoms with Gasteiger partial charge < -0.3 is 19.7 Å². The molecule has 8 aliphatic carbocycles. The third kappa shape index (κ3) is 10.3. The molecule has 0 saturated heterocycles. The molecule has 0 aromatic rings. The highest BCUT2D eigenvalue weighted by molar-refractivity contribution is 6.74. The number of alkyl halides is 6. The molecule has 0 bridgehead atoms. The van der Waals surface area contributed by atoms with E-state index < -0.39 is 32.1 Å². The van der Waals surface area contributed by atoms with Crippen LogP contribution in [0.5, 0.6) is 0 Å². The van der Waals surface area contributed by atoms with Gasteiger partial charge >= 0.3 is 12.4 Å². The van der Waals surface area contributed by atoms with E-state index in [1.165, 1.54) is 38.5 Å². The maximum Gasteiger partial charge on any atom is 0.449 e. The van der Waals surface area contributed by atoms with Gasteiger partial charge in [-0.05, 0) is 239 Å². The molecule has 5 nitrogen and oxygen atoms in total. The van der Waals surface area contributed by atoms with Crippen LogP contribution in [0, 0.1) is 98.6 Å². The van der Waals surface area contributed by atoms with E-state index in [2.05, 4.69) is 82.3 Å². The fourth-order valence-electron chi connectivity index (χ4n) is 18.9. The highest BCUT2D eigenvalue weighted by Crippen LogP contribution is 2.71. The van der Waals surface area contributed by atoms with Crippen LogP contribution in [0.15, 0.2) is 0 Å². The van der Waals surface area contributed by atoms with Crippen molar-refractivity contribution in [1.82, 2.24) is 0 Å². The molecule has 0 heterocycles. The number of fused-ring (bicyclic) bond motifs is 10. The molecule has 0 amide bonds. The Hall–Kier alpha value is -0.693. The normalized spacial score (nSPS) is 45.8. The minimum absolute atomic E-state index is 0.0814. The van der Waals surface area contributed by atoms with Crippen LogP contribution in [-0.2, 0) is 9.22 Å². The van der Waals surface area contributed by atoms with Crippen molar-refractivity contribution in [3.63, 3.8) is 0 Å². The summed E-state index contributed by atoms with van der Waals surface area (Å²) in [5.74, 6) is 4.63. The summed E-state index contributed by atoms with van der Waals surface area (Å²) in [4.78, 5) is 11.6. The number of aliphatic hydroxyl groups is 3. The van der Waals surface area contributed by atoms with Crippen LogP contribution in [0.25, 0.3) is 0 Å². The molecule has 8 aliphatic rings.